The van der Waals surface area contributed by atoms with Crippen molar-refractivity contribution in [2.24, 2.45) is 0 Å². The maximum Gasteiger partial charge on any atom is 0.339 e. The molecular weight excluding hydrogens is 180 g/mol. The standard InChI is InChI=1S/C10H14N2O2/c13-10(14)8-6-11-12-9(8)7-4-2-1-3-5-7/h6-7H,1-5H2,(H,11,12)(H,13,14). The van der Waals surface area contributed by atoms with Gasteiger partial charge in [-0.3, -0.25) is 5.10 Å². The molecule has 1 aromatic rings. The number of nitrogens with zero attached hydrogens (tertiary/aromatic N) is 1. The Morgan fingerprint density at radius 3 is 2.79 bits per heavy atom. The lowest BCUT2D eigenvalue weighted by molar-refractivity contribution is 0.0695. The Bertz CT molecular complexity index is 327. The molecule has 76 valence electrons. The van der Waals surface area contributed by atoms with Crippen LogP contribution < -0.4 is 0 Å². The first-order valence-corrected chi connectivity index (χ1v) is 5.06. The van der Waals surface area contributed by atoms with Crippen LogP contribution in [0.5, 0.6) is 0 Å². The molecular formula is C10H14N2O2. The molecule has 1 heterocycles. The Labute approximate surface area is 82.3 Å². The summed E-state index contributed by atoms with van der Waals surface area (Å²) in [5.74, 6) is -0.527. The van der Waals surface area contributed by atoms with E-state index in [0.29, 0.717) is 11.5 Å². The Morgan fingerprint density at radius 2 is 2.14 bits per heavy atom. The fourth-order valence-corrected chi connectivity index (χ4v) is 2.16. The van der Waals surface area contributed by atoms with Gasteiger partial charge in [-0.05, 0) is 12.8 Å². The molecule has 1 aliphatic rings. The van der Waals surface area contributed by atoms with Gasteiger partial charge in [0.2, 0.25) is 0 Å². The van der Waals surface area contributed by atoms with E-state index in [0.717, 1.165) is 18.5 Å². The lowest BCUT2D eigenvalue weighted by Gasteiger charge is -2.19. The van der Waals surface area contributed by atoms with Gasteiger partial charge in [-0.1, -0.05) is 19.3 Å². The van der Waals surface area contributed by atoms with Crippen molar-refractivity contribution < 1.29 is 9.90 Å². The highest BCUT2D eigenvalue weighted by atomic mass is 16.4. The molecule has 1 saturated carbocycles. The van der Waals surface area contributed by atoms with Crippen LogP contribution in [0, 0.1) is 0 Å². The van der Waals surface area contributed by atoms with Crippen LogP contribution in [0.2, 0.25) is 0 Å². The summed E-state index contributed by atoms with van der Waals surface area (Å²) in [7, 11) is 0. The Kier molecular flexibility index (Phi) is 2.52. The number of nitrogens with one attached hydrogen (secondary N) is 1. The molecule has 0 saturated heterocycles. The number of hydrogen-bond acceptors (Lipinski definition) is 2. The van der Waals surface area contributed by atoms with Gasteiger partial charge < -0.3 is 5.11 Å². The van der Waals surface area contributed by atoms with E-state index in [-0.39, 0.29) is 0 Å². The van der Waals surface area contributed by atoms with Crippen LogP contribution in [0.3, 0.4) is 0 Å². The second-order valence-corrected chi connectivity index (χ2v) is 3.82. The summed E-state index contributed by atoms with van der Waals surface area (Å²) >= 11 is 0. The molecule has 1 aromatic heterocycles. The van der Waals surface area contributed by atoms with Crippen LogP contribution in [-0.4, -0.2) is 21.3 Å². The van der Waals surface area contributed by atoms with Crippen LogP contribution in [0.15, 0.2) is 6.20 Å². The molecule has 0 aromatic carbocycles. The molecule has 1 aliphatic carbocycles. The van der Waals surface area contributed by atoms with Crippen LogP contribution >= 0.6 is 0 Å². The van der Waals surface area contributed by atoms with Crippen molar-refractivity contribution in [3.63, 3.8) is 0 Å². The normalized spacial score (nSPS) is 18.3. The smallest absolute Gasteiger partial charge is 0.339 e. The van der Waals surface area contributed by atoms with Gasteiger partial charge >= 0.3 is 5.97 Å². The zero-order chi connectivity index (χ0) is 9.97. The fourth-order valence-electron chi connectivity index (χ4n) is 2.16. The highest BCUT2D eigenvalue weighted by Crippen LogP contribution is 2.32. The molecule has 0 unspecified atom stereocenters. The monoisotopic (exact) mass is 194 g/mol. The van der Waals surface area contributed by atoms with Crippen molar-refractivity contribution >= 4 is 5.97 Å². The number of aromatic carboxylic acids is 1. The molecule has 4 nitrogen and oxygen atoms in total. The summed E-state index contributed by atoms with van der Waals surface area (Å²) in [6.07, 6.45) is 7.28. The van der Waals surface area contributed by atoms with Gasteiger partial charge in [0, 0.05) is 12.1 Å². The molecule has 0 spiro atoms. The number of carboxylic acid groups (broad SMARTS) is 1. The predicted octanol–water partition coefficient (Wildman–Crippen LogP) is 2.16. The largest absolute Gasteiger partial charge is 0.478 e. The van der Waals surface area contributed by atoms with Gasteiger partial charge in [-0.2, -0.15) is 5.10 Å². The number of rotatable bonds is 2. The SMILES string of the molecule is O=C(O)c1c[nH]nc1C1CCCCC1. The van der Waals surface area contributed by atoms with Gasteiger partial charge in [0.15, 0.2) is 0 Å². The Morgan fingerprint density at radius 1 is 1.43 bits per heavy atom. The van der Waals surface area contributed by atoms with E-state index in [2.05, 4.69) is 10.2 Å². The van der Waals surface area contributed by atoms with Crippen molar-refractivity contribution in [1.82, 2.24) is 10.2 Å². The Hall–Kier alpha value is -1.32. The van der Waals surface area contributed by atoms with E-state index in [9.17, 15) is 4.79 Å². The van der Waals surface area contributed by atoms with Crippen LogP contribution in [0.4, 0.5) is 0 Å². The third kappa shape index (κ3) is 1.64. The van der Waals surface area contributed by atoms with Gasteiger partial charge in [-0.25, -0.2) is 4.79 Å². The molecule has 2 rings (SSSR count). The number of aromatic nitrogens is 2. The lowest BCUT2D eigenvalue weighted by atomic mass is 9.85. The summed E-state index contributed by atoms with van der Waals surface area (Å²) in [6.45, 7) is 0. The number of H-pyrrole nitrogens is 1. The molecule has 0 radical (unpaired) electrons. The minimum atomic E-state index is -0.876. The number of aromatic amines is 1. The summed E-state index contributed by atoms with van der Waals surface area (Å²) in [4.78, 5) is 10.9. The first-order chi connectivity index (χ1) is 6.79. The first kappa shape index (κ1) is 9.24. The summed E-state index contributed by atoms with van der Waals surface area (Å²) < 4.78 is 0. The topological polar surface area (TPSA) is 66.0 Å². The molecule has 14 heavy (non-hydrogen) atoms. The molecule has 1 fully saturated rings. The summed E-state index contributed by atoms with van der Waals surface area (Å²) in [5, 5.41) is 15.6. The highest BCUT2D eigenvalue weighted by molar-refractivity contribution is 5.88. The maximum atomic E-state index is 10.9. The van der Waals surface area contributed by atoms with Gasteiger partial charge in [0.1, 0.15) is 5.56 Å². The van der Waals surface area contributed by atoms with Crippen LogP contribution in [0.25, 0.3) is 0 Å². The molecule has 0 bridgehead atoms. The van der Waals surface area contributed by atoms with E-state index in [4.69, 9.17) is 5.11 Å². The molecule has 0 amide bonds. The van der Waals surface area contributed by atoms with E-state index >= 15 is 0 Å². The van der Waals surface area contributed by atoms with Crippen molar-refractivity contribution in [3.8, 4) is 0 Å². The molecule has 4 heteroatoms. The van der Waals surface area contributed by atoms with E-state index in [1.165, 1.54) is 25.5 Å². The van der Waals surface area contributed by atoms with Crippen molar-refractivity contribution in [2.75, 3.05) is 0 Å². The number of carbonyl (C=O) groups is 1. The summed E-state index contributed by atoms with van der Waals surface area (Å²) in [6, 6.07) is 0. The van der Waals surface area contributed by atoms with Gasteiger partial charge in [0.05, 0.1) is 5.69 Å². The van der Waals surface area contributed by atoms with E-state index in [1.807, 2.05) is 0 Å². The first-order valence-electron chi connectivity index (χ1n) is 5.06. The second kappa shape index (κ2) is 3.82. The minimum Gasteiger partial charge on any atom is -0.478 e. The van der Waals surface area contributed by atoms with Gasteiger partial charge in [0.25, 0.3) is 0 Å². The van der Waals surface area contributed by atoms with Crippen LogP contribution in [0.1, 0.15) is 54.1 Å². The van der Waals surface area contributed by atoms with Gasteiger partial charge in [-0.15, -0.1) is 0 Å². The van der Waals surface area contributed by atoms with Crippen LogP contribution in [-0.2, 0) is 0 Å². The van der Waals surface area contributed by atoms with E-state index in [1.54, 1.807) is 0 Å². The third-order valence-electron chi connectivity index (χ3n) is 2.89. The molecule has 0 atom stereocenters. The Balaban J connectivity index is 2.21. The molecule has 0 aliphatic heterocycles. The molecule has 2 N–H and O–H groups in total. The average molecular weight is 194 g/mol. The zero-order valence-corrected chi connectivity index (χ0v) is 7.99. The third-order valence-corrected chi connectivity index (χ3v) is 2.89. The second-order valence-electron chi connectivity index (χ2n) is 3.82. The zero-order valence-electron chi connectivity index (χ0n) is 7.99. The van der Waals surface area contributed by atoms with E-state index < -0.39 is 5.97 Å². The quantitative estimate of drug-likeness (QED) is 0.758. The highest BCUT2D eigenvalue weighted by Gasteiger charge is 2.23. The lowest BCUT2D eigenvalue weighted by Crippen LogP contribution is -2.09. The fraction of sp³-hybridized carbons (Fsp3) is 0.600. The van der Waals surface area contributed by atoms with Crippen molar-refractivity contribution in [3.05, 3.63) is 17.5 Å². The number of carboxylic acids is 1. The predicted molar refractivity (Wildman–Crippen MR) is 51.4 cm³/mol. The maximum absolute atomic E-state index is 10.9. The average Bonchev–Trinajstić information content (AvgIpc) is 2.67. The summed E-state index contributed by atoms with van der Waals surface area (Å²) in [5.41, 5.74) is 1.09. The minimum absolute atomic E-state index is 0.344. The van der Waals surface area contributed by atoms with Crippen molar-refractivity contribution in [2.45, 2.75) is 38.0 Å². The van der Waals surface area contributed by atoms with Crippen molar-refractivity contribution in [1.29, 1.82) is 0 Å². The number of hydrogen-bond donors (Lipinski definition) is 2.